The molecule has 0 aliphatic rings. The first-order chi connectivity index (χ1) is 12.1. The molecular formula is C17H14ClN3O3S. The molecule has 0 fully saturated rings. The summed E-state index contributed by atoms with van der Waals surface area (Å²) in [5.74, 6) is 1.26. The lowest BCUT2D eigenvalue weighted by molar-refractivity contribution is 0.100. The molecule has 1 aromatic heterocycles. The highest BCUT2D eigenvalue weighted by atomic mass is 35.5. The van der Waals surface area contributed by atoms with Crippen LogP contribution in [0.5, 0.6) is 5.75 Å². The van der Waals surface area contributed by atoms with Gasteiger partial charge in [0.15, 0.2) is 6.61 Å². The Kier molecular flexibility index (Phi) is 5.57. The smallest absolute Gasteiger partial charge is 0.277 e. The summed E-state index contributed by atoms with van der Waals surface area (Å²) in [6.45, 7) is 0.183. The van der Waals surface area contributed by atoms with Crippen LogP contribution in [0.15, 0.2) is 58.2 Å². The van der Waals surface area contributed by atoms with Crippen LogP contribution in [0.3, 0.4) is 0 Å². The predicted molar refractivity (Wildman–Crippen MR) is 94.6 cm³/mol. The summed E-state index contributed by atoms with van der Waals surface area (Å²) in [7, 11) is 0. The minimum absolute atomic E-state index is 0.183. The molecule has 0 aliphatic heterocycles. The highest BCUT2D eigenvalue weighted by Crippen LogP contribution is 2.22. The van der Waals surface area contributed by atoms with Gasteiger partial charge < -0.3 is 14.9 Å². The number of hydrogen-bond acceptors (Lipinski definition) is 6. The quantitative estimate of drug-likeness (QED) is 0.633. The molecule has 1 heterocycles. The number of rotatable bonds is 7. The lowest BCUT2D eigenvalue weighted by Gasteiger charge is -2.02. The van der Waals surface area contributed by atoms with Gasteiger partial charge in [-0.15, -0.1) is 10.2 Å². The second-order valence-corrected chi connectivity index (χ2v) is 6.42. The molecule has 0 spiro atoms. The van der Waals surface area contributed by atoms with Crippen LogP contribution in [0, 0.1) is 0 Å². The van der Waals surface area contributed by atoms with E-state index in [0.29, 0.717) is 33.2 Å². The SMILES string of the molecule is NC(=O)c1ccc(CSc2nnc(COc3ccc(Cl)cc3)o2)cc1. The number of ether oxygens (including phenoxy) is 1. The van der Waals surface area contributed by atoms with E-state index in [9.17, 15) is 4.79 Å². The van der Waals surface area contributed by atoms with Crippen molar-refractivity contribution in [1.82, 2.24) is 10.2 Å². The largest absolute Gasteiger partial charge is 0.484 e. The zero-order valence-corrected chi connectivity index (χ0v) is 14.6. The van der Waals surface area contributed by atoms with Crippen molar-refractivity contribution >= 4 is 29.3 Å². The molecule has 8 heteroatoms. The second kappa shape index (κ2) is 8.04. The Morgan fingerprint density at radius 2 is 1.84 bits per heavy atom. The monoisotopic (exact) mass is 375 g/mol. The van der Waals surface area contributed by atoms with Crippen LogP contribution in [-0.2, 0) is 12.4 Å². The normalized spacial score (nSPS) is 10.6. The van der Waals surface area contributed by atoms with Gasteiger partial charge >= 0.3 is 0 Å². The number of nitrogens with zero attached hydrogens (tertiary/aromatic N) is 2. The van der Waals surface area contributed by atoms with Gasteiger partial charge in [-0.25, -0.2) is 0 Å². The van der Waals surface area contributed by atoms with Crippen molar-refractivity contribution in [3.63, 3.8) is 0 Å². The van der Waals surface area contributed by atoms with Crippen molar-refractivity contribution in [2.24, 2.45) is 5.73 Å². The summed E-state index contributed by atoms with van der Waals surface area (Å²) in [5, 5.41) is 9.02. The Morgan fingerprint density at radius 1 is 1.12 bits per heavy atom. The summed E-state index contributed by atoms with van der Waals surface area (Å²) in [4.78, 5) is 11.0. The summed E-state index contributed by atoms with van der Waals surface area (Å²) in [5.41, 5.74) is 6.71. The fourth-order valence-corrected chi connectivity index (χ4v) is 2.80. The van der Waals surface area contributed by atoms with Gasteiger partial charge in [-0.1, -0.05) is 35.5 Å². The number of carbonyl (C=O) groups excluding carboxylic acids is 1. The highest BCUT2D eigenvalue weighted by molar-refractivity contribution is 7.98. The van der Waals surface area contributed by atoms with Gasteiger partial charge in [0.2, 0.25) is 5.91 Å². The van der Waals surface area contributed by atoms with E-state index < -0.39 is 5.91 Å². The molecule has 1 amide bonds. The number of amides is 1. The molecule has 2 N–H and O–H groups in total. The van der Waals surface area contributed by atoms with Gasteiger partial charge in [0.1, 0.15) is 5.75 Å². The van der Waals surface area contributed by atoms with Crippen LogP contribution >= 0.6 is 23.4 Å². The van der Waals surface area contributed by atoms with E-state index in [1.165, 1.54) is 11.8 Å². The Labute approximate surface area is 153 Å². The summed E-state index contributed by atoms with van der Waals surface area (Å²) < 4.78 is 11.1. The van der Waals surface area contributed by atoms with Crippen LogP contribution in [0.1, 0.15) is 21.8 Å². The molecule has 128 valence electrons. The summed E-state index contributed by atoms with van der Waals surface area (Å²) in [6, 6.07) is 14.1. The van der Waals surface area contributed by atoms with Gasteiger partial charge in [-0.05, 0) is 42.0 Å². The van der Waals surface area contributed by atoms with Gasteiger partial charge in [-0.2, -0.15) is 0 Å². The number of thioether (sulfide) groups is 1. The maximum Gasteiger partial charge on any atom is 0.277 e. The van der Waals surface area contributed by atoms with Crippen LogP contribution in [0.4, 0.5) is 0 Å². The molecule has 0 radical (unpaired) electrons. The topological polar surface area (TPSA) is 91.2 Å². The van der Waals surface area contributed by atoms with Crippen LogP contribution in [0.2, 0.25) is 5.02 Å². The van der Waals surface area contributed by atoms with E-state index in [0.717, 1.165) is 5.56 Å². The second-order valence-electron chi connectivity index (χ2n) is 5.05. The van der Waals surface area contributed by atoms with E-state index in [1.807, 2.05) is 12.1 Å². The standard InChI is InChI=1S/C17H14ClN3O3S/c18-13-5-7-14(8-6-13)23-9-15-20-21-17(24-15)25-10-11-1-3-12(4-2-11)16(19)22/h1-8H,9-10H2,(H2,19,22). The predicted octanol–water partition coefficient (Wildman–Crippen LogP) is 3.69. The molecule has 25 heavy (non-hydrogen) atoms. The third-order valence-electron chi connectivity index (χ3n) is 3.23. The Balaban J connectivity index is 1.51. The molecular weight excluding hydrogens is 362 g/mol. The minimum atomic E-state index is -0.443. The number of primary amides is 1. The molecule has 3 aromatic rings. The molecule has 0 saturated heterocycles. The van der Waals surface area contributed by atoms with Gasteiger partial charge in [-0.3, -0.25) is 4.79 Å². The fourth-order valence-electron chi connectivity index (χ4n) is 1.94. The molecule has 6 nitrogen and oxygen atoms in total. The Hall–Kier alpha value is -2.51. The lowest BCUT2D eigenvalue weighted by atomic mass is 10.1. The Bertz CT molecular complexity index is 850. The number of hydrogen-bond donors (Lipinski definition) is 1. The number of carbonyl (C=O) groups is 1. The third-order valence-corrected chi connectivity index (χ3v) is 4.37. The first-order valence-electron chi connectivity index (χ1n) is 7.32. The van der Waals surface area contributed by atoms with E-state index in [4.69, 9.17) is 26.5 Å². The molecule has 0 unspecified atom stereocenters. The van der Waals surface area contributed by atoms with Crippen molar-refractivity contribution in [1.29, 1.82) is 0 Å². The maximum atomic E-state index is 11.0. The van der Waals surface area contributed by atoms with E-state index in [-0.39, 0.29) is 6.61 Å². The minimum Gasteiger partial charge on any atom is -0.484 e. The van der Waals surface area contributed by atoms with Crippen LogP contribution in [0.25, 0.3) is 0 Å². The van der Waals surface area contributed by atoms with E-state index >= 15 is 0 Å². The zero-order chi connectivity index (χ0) is 17.6. The average Bonchev–Trinajstić information content (AvgIpc) is 3.08. The van der Waals surface area contributed by atoms with Crippen molar-refractivity contribution < 1.29 is 13.9 Å². The van der Waals surface area contributed by atoms with Crippen LogP contribution in [-0.4, -0.2) is 16.1 Å². The summed E-state index contributed by atoms with van der Waals surface area (Å²) >= 11 is 7.22. The number of benzene rings is 2. The molecule has 2 aromatic carbocycles. The fraction of sp³-hybridized carbons (Fsp3) is 0.118. The molecule has 0 bridgehead atoms. The van der Waals surface area contributed by atoms with Gasteiger partial charge in [0.25, 0.3) is 11.1 Å². The first-order valence-corrected chi connectivity index (χ1v) is 8.69. The van der Waals surface area contributed by atoms with Crippen molar-refractivity contribution in [2.45, 2.75) is 17.6 Å². The highest BCUT2D eigenvalue weighted by Gasteiger charge is 2.08. The summed E-state index contributed by atoms with van der Waals surface area (Å²) in [6.07, 6.45) is 0. The van der Waals surface area contributed by atoms with Crippen molar-refractivity contribution in [2.75, 3.05) is 0 Å². The van der Waals surface area contributed by atoms with Gasteiger partial charge in [0.05, 0.1) is 0 Å². The zero-order valence-electron chi connectivity index (χ0n) is 13.0. The number of nitrogens with two attached hydrogens (primary N) is 1. The van der Waals surface area contributed by atoms with Crippen molar-refractivity contribution in [3.8, 4) is 5.75 Å². The van der Waals surface area contributed by atoms with E-state index in [2.05, 4.69) is 10.2 Å². The number of aromatic nitrogens is 2. The molecule has 0 aliphatic carbocycles. The molecule has 3 rings (SSSR count). The van der Waals surface area contributed by atoms with Crippen molar-refractivity contribution in [3.05, 3.63) is 70.6 Å². The molecule has 0 atom stereocenters. The lowest BCUT2D eigenvalue weighted by Crippen LogP contribution is -2.10. The van der Waals surface area contributed by atoms with E-state index in [1.54, 1.807) is 36.4 Å². The third kappa shape index (κ3) is 4.98. The molecule has 0 saturated carbocycles. The first kappa shape index (κ1) is 17.3. The maximum absolute atomic E-state index is 11.0. The average molecular weight is 376 g/mol. The van der Waals surface area contributed by atoms with Gasteiger partial charge in [0, 0.05) is 16.3 Å². The number of halogens is 1. The Morgan fingerprint density at radius 3 is 2.52 bits per heavy atom. The van der Waals surface area contributed by atoms with Crippen LogP contribution < -0.4 is 10.5 Å².